The molecule has 0 spiro atoms. The summed E-state index contributed by atoms with van der Waals surface area (Å²) in [6, 6.07) is 14.6. The number of amides is 1. The molecule has 0 heterocycles. The first-order valence-corrected chi connectivity index (χ1v) is 6.89. The summed E-state index contributed by atoms with van der Waals surface area (Å²) in [5, 5.41) is 3.48. The second-order valence-corrected chi connectivity index (χ2v) is 4.73. The average molecular weight is 299 g/mol. The molecule has 0 fully saturated rings. The molecule has 3 N–H and O–H groups in total. The third kappa shape index (κ3) is 4.09. The van der Waals surface area contributed by atoms with E-state index in [-0.39, 0.29) is 12.5 Å². The summed E-state index contributed by atoms with van der Waals surface area (Å²) in [5.74, 6) is 5.48. The summed E-state index contributed by atoms with van der Waals surface area (Å²) < 4.78 is 0. The predicted molar refractivity (Wildman–Crippen MR) is 85.0 cm³/mol. The van der Waals surface area contributed by atoms with E-state index in [4.69, 9.17) is 17.3 Å². The summed E-state index contributed by atoms with van der Waals surface area (Å²) >= 11 is 6.07. The van der Waals surface area contributed by atoms with E-state index in [1.807, 2.05) is 24.3 Å². The van der Waals surface area contributed by atoms with Gasteiger partial charge in [-0.2, -0.15) is 0 Å². The van der Waals surface area contributed by atoms with Gasteiger partial charge in [0.25, 0.3) is 5.91 Å². The fraction of sp³-hybridized carbons (Fsp3) is 0.118. The number of benzene rings is 2. The summed E-state index contributed by atoms with van der Waals surface area (Å²) in [4.78, 5) is 12.3. The molecule has 0 radical (unpaired) electrons. The van der Waals surface area contributed by atoms with Crippen molar-refractivity contribution in [2.75, 3.05) is 6.54 Å². The van der Waals surface area contributed by atoms with Gasteiger partial charge in [-0.1, -0.05) is 53.8 Å². The highest BCUT2D eigenvalue weighted by Gasteiger charge is 2.09. The summed E-state index contributed by atoms with van der Waals surface area (Å²) in [5.41, 5.74) is 7.44. The van der Waals surface area contributed by atoms with Gasteiger partial charge in [0.1, 0.15) is 0 Å². The highest BCUT2D eigenvalue weighted by Crippen LogP contribution is 2.15. The molecule has 0 saturated heterocycles. The van der Waals surface area contributed by atoms with Crippen molar-refractivity contribution in [3.05, 3.63) is 70.2 Å². The van der Waals surface area contributed by atoms with Gasteiger partial charge in [0, 0.05) is 17.1 Å². The molecule has 0 atom stereocenters. The quantitative estimate of drug-likeness (QED) is 0.856. The molecule has 3 nitrogen and oxygen atoms in total. The molecule has 0 aliphatic rings. The largest absolute Gasteiger partial charge is 0.348 e. The van der Waals surface area contributed by atoms with E-state index >= 15 is 0 Å². The maximum Gasteiger partial charge on any atom is 0.252 e. The minimum Gasteiger partial charge on any atom is -0.348 e. The van der Waals surface area contributed by atoms with E-state index in [0.717, 1.165) is 5.56 Å². The molecule has 0 bridgehead atoms. The molecule has 0 aliphatic carbocycles. The van der Waals surface area contributed by atoms with Crippen LogP contribution in [0.5, 0.6) is 0 Å². The lowest BCUT2D eigenvalue weighted by molar-refractivity contribution is 0.0950. The zero-order valence-electron chi connectivity index (χ0n) is 11.4. The molecule has 4 heteroatoms. The third-order valence-corrected chi connectivity index (χ3v) is 3.26. The Morgan fingerprint density at radius 1 is 1.14 bits per heavy atom. The fourth-order valence-corrected chi connectivity index (χ4v) is 2.05. The minimum atomic E-state index is -0.183. The predicted octanol–water partition coefficient (Wildman–Crippen LogP) is 2.58. The first-order valence-electron chi connectivity index (χ1n) is 6.52. The Balaban J connectivity index is 2.12. The van der Waals surface area contributed by atoms with Gasteiger partial charge in [0.05, 0.1) is 12.1 Å². The lowest BCUT2D eigenvalue weighted by Crippen LogP contribution is -2.23. The van der Waals surface area contributed by atoms with Crippen molar-refractivity contribution in [3.8, 4) is 11.8 Å². The maximum atomic E-state index is 12.3. The molecule has 0 unspecified atom stereocenters. The van der Waals surface area contributed by atoms with Crippen LogP contribution in [0.15, 0.2) is 48.5 Å². The van der Waals surface area contributed by atoms with Crippen LogP contribution in [0.1, 0.15) is 21.5 Å². The number of hydrogen-bond donors (Lipinski definition) is 2. The highest BCUT2D eigenvalue weighted by molar-refractivity contribution is 6.31. The molecule has 2 aromatic carbocycles. The van der Waals surface area contributed by atoms with Crippen LogP contribution in [0, 0.1) is 11.8 Å². The molecular formula is C17H15ClN2O. The van der Waals surface area contributed by atoms with Gasteiger partial charge >= 0.3 is 0 Å². The molecule has 2 aromatic rings. The number of carbonyl (C=O) groups excluding carboxylic acids is 1. The standard InChI is InChI=1S/C17H15ClN2O/c18-16-10-4-2-7-14(16)12-20-17(21)15-9-3-1-6-13(15)8-5-11-19/h1-4,6-7,9-10H,11-12,19H2,(H,20,21). The zero-order valence-corrected chi connectivity index (χ0v) is 12.2. The van der Waals surface area contributed by atoms with Gasteiger partial charge in [0.2, 0.25) is 0 Å². The second kappa shape index (κ2) is 7.49. The molecule has 21 heavy (non-hydrogen) atoms. The Morgan fingerprint density at radius 2 is 1.86 bits per heavy atom. The van der Waals surface area contributed by atoms with Crippen LogP contribution in [-0.2, 0) is 6.54 Å². The Kier molecular flexibility index (Phi) is 5.39. The maximum absolute atomic E-state index is 12.3. The Labute approximate surface area is 129 Å². The number of hydrogen-bond acceptors (Lipinski definition) is 2. The van der Waals surface area contributed by atoms with Crippen LogP contribution in [0.3, 0.4) is 0 Å². The van der Waals surface area contributed by atoms with Crippen molar-refractivity contribution in [2.24, 2.45) is 5.73 Å². The smallest absolute Gasteiger partial charge is 0.252 e. The van der Waals surface area contributed by atoms with E-state index in [1.54, 1.807) is 24.3 Å². The molecule has 0 aromatic heterocycles. The van der Waals surface area contributed by atoms with Crippen molar-refractivity contribution in [1.82, 2.24) is 5.32 Å². The van der Waals surface area contributed by atoms with Crippen molar-refractivity contribution in [2.45, 2.75) is 6.54 Å². The van der Waals surface area contributed by atoms with Gasteiger partial charge in [-0.05, 0) is 23.8 Å². The van der Waals surface area contributed by atoms with Crippen molar-refractivity contribution in [3.63, 3.8) is 0 Å². The van der Waals surface area contributed by atoms with Crippen LogP contribution in [0.4, 0.5) is 0 Å². The highest BCUT2D eigenvalue weighted by atomic mass is 35.5. The Hall–Kier alpha value is -2.28. The van der Waals surface area contributed by atoms with Crippen LogP contribution >= 0.6 is 11.6 Å². The molecule has 106 valence electrons. The molecular weight excluding hydrogens is 284 g/mol. The second-order valence-electron chi connectivity index (χ2n) is 4.33. The normalized spacial score (nSPS) is 9.62. The fourth-order valence-electron chi connectivity index (χ4n) is 1.85. The molecule has 0 saturated carbocycles. The van der Waals surface area contributed by atoms with E-state index in [2.05, 4.69) is 17.2 Å². The van der Waals surface area contributed by atoms with E-state index in [9.17, 15) is 4.79 Å². The summed E-state index contributed by atoms with van der Waals surface area (Å²) in [6.07, 6.45) is 0. The molecule has 1 amide bonds. The van der Waals surface area contributed by atoms with Gasteiger partial charge in [-0.25, -0.2) is 0 Å². The van der Waals surface area contributed by atoms with E-state index < -0.39 is 0 Å². The molecule has 0 aliphatic heterocycles. The van der Waals surface area contributed by atoms with Gasteiger partial charge < -0.3 is 11.1 Å². The van der Waals surface area contributed by atoms with Gasteiger partial charge in [0.15, 0.2) is 0 Å². The summed E-state index contributed by atoms with van der Waals surface area (Å²) in [6.45, 7) is 0.632. The topological polar surface area (TPSA) is 55.1 Å². The van der Waals surface area contributed by atoms with Crippen molar-refractivity contribution >= 4 is 17.5 Å². The SMILES string of the molecule is NCC#Cc1ccccc1C(=O)NCc1ccccc1Cl. The lowest BCUT2D eigenvalue weighted by Gasteiger charge is -2.08. The Morgan fingerprint density at radius 3 is 2.62 bits per heavy atom. The van der Waals surface area contributed by atoms with Crippen LogP contribution in [0.25, 0.3) is 0 Å². The molecule has 2 rings (SSSR count). The lowest BCUT2D eigenvalue weighted by atomic mass is 10.1. The third-order valence-electron chi connectivity index (χ3n) is 2.89. The van der Waals surface area contributed by atoms with Gasteiger partial charge in [-0.3, -0.25) is 4.79 Å². The average Bonchev–Trinajstić information content (AvgIpc) is 2.52. The number of carbonyl (C=O) groups is 1. The van der Waals surface area contributed by atoms with E-state index in [0.29, 0.717) is 22.7 Å². The van der Waals surface area contributed by atoms with Crippen LogP contribution < -0.4 is 11.1 Å². The number of rotatable bonds is 3. The van der Waals surface area contributed by atoms with Crippen LogP contribution in [0.2, 0.25) is 5.02 Å². The van der Waals surface area contributed by atoms with Gasteiger partial charge in [-0.15, -0.1) is 0 Å². The van der Waals surface area contributed by atoms with Crippen LogP contribution in [-0.4, -0.2) is 12.5 Å². The first kappa shape index (κ1) is 15.1. The Bertz CT molecular complexity index is 701. The summed E-state index contributed by atoms with van der Waals surface area (Å²) in [7, 11) is 0. The number of nitrogens with one attached hydrogen (secondary N) is 1. The zero-order chi connectivity index (χ0) is 15.1. The number of halogens is 1. The minimum absolute atomic E-state index is 0.183. The van der Waals surface area contributed by atoms with Crippen molar-refractivity contribution < 1.29 is 4.79 Å². The number of nitrogens with two attached hydrogens (primary N) is 1. The van der Waals surface area contributed by atoms with Crippen molar-refractivity contribution in [1.29, 1.82) is 0 Å². The monoisotopic (exact) mass is 298 g/mol. The van der Waals surface area contributed by atoms with E-state index in [1.165, 1.54) is 0 Å². The first-order chi connectivity index (χ1) is 10.2.